The summed E-state index contributed by atoms with van der Waals surface area (Å²) in [5.41, 5.74) is 3.94. The number of hydrogen-bond donors (Lipinski definition) is 4. The Labute approximate surface area is 233 Å². The first-order chi connectivity index (χ1) is 18.8. The van der Waals surface area contributed by atoms with Crippen molar-refractivity contribution in [1.82, 2.24) is 0 Å². The molecule has 0 fully saturated rings. The summed E-state index contributed by atoms with van der Waals surface area (Å²) < 4.78 is 22.0. The second kappa shape index (κ2) is 16.5. The summed E-state index contributed by atoms with van der Waals surface area (Å²) in [5, 5.41) is 25.0. The summed E-state index contributed by atoms with van der Waals surface area (Å²) in [7, 11) is -0.269. The molecule has 3 rings (SSSR count). The molecule has 0 heterocycles. The van der Waals surface area contributed by atoms with Gasteiger partial charge in [-0.3, -0.25) is 0 Å². The molecule has 0 spiro atoms. The standard InChI is InChI=1S/C26H27O4S.C4H11NO3/c1-5-27-20(3)29-22-12-16-25(17-13-22)31(24-10-8-7-9-11-24)26-18-14-23(15-19-26)30-21(4)28-6-2;5-4(1-6,2-7)3-8/h5-21H,1-2H2,3-4H3;6-8H,1-3,5H2/q+1;. The van der Waals surface area contributed by atoms with Gasteiger partial charge in [-0.15, -0.1) is 0 Å². The van der Waals surface area contributed by atoms with Crippen LogP contribution in [0.2, 0.25) is 0 Å². The molecule has 0 aliphatic heterocycles. The lowest BCUT2D eigenvalue weighted by atomic mass is 10.1. The molecule has 0 amide bonds. The van der Waals surface area contributed by atoms with Crippen molar-refractivity contribution in [2.45, 2.75) is 46.7 Å². The van der Waals surface area contributed by atoms with E-state index in [4.69, 9.17) is 40.0 Å². The topological polar surface area (TPSA) is 124 Å². The van der Waals surface area contributed by atoms with Gasteiger partial charge in [0, 0.05) is 13.8 Å². The Morgan fingerprint density at radius 2 is 1.05 bits per heavy atom. The molecule has 0 aliphatic carbocycles. The normalized spacial score (nSPS) is 13.1. The molecule has 0 aliphatic rings. The first kappa shape index (κ1) is 31.7. The van der Waals surface area contributed by atoms with Crippen LogP contribution in [-0.2, 0) is 20.4 Å². The van der Waals surface area contributed by atoms with E-state index >= 15 is 0 Å². The Kier molecular flexibility index (Phi) is 13.4. The third kappa shape index (κ3) is 10.3. The summed E-state index contributed by atoms with van der Waals surface area (Å²) in [6, 6.07) is 26.7. The molecule has 5 N–H and O–H groups in total. The molecule has 0 saturated heterocycles. The van der Waals surface area contributed by atoms with Crippen LogP contribution in [0, 0.1) is 0 Å². The van der Waals surface area contributed by atoms with Crippen LogP contribution in [0.1, 0.15) is 13.8 Å². The Morgan fingerprint density at radius 3 is 1.36 bits per heavy atom. The Hall–Kier alpha value is -3.47. The monoisotopic (exact) mass is 556 g/mol. The summed E-state index contributed by atoms with van der Waals surface area (Å²) in [4.78, 5) is 3.61. The van der Waals surface area contributed by atoms with Gasteiger partial charge in [0.15, 0.2) is 14.7 Å². The summed E-state index contributed by atoms with van der Waals surface area (Å²) >= 11 is 0. The molecule has 3 aromatic carbocycles. The molecule has 2 unspecified atom stereocenters. The lowest BCUT2D eigenvalue weighted by Gasteiger charge is -2.20. The minimum absolute atomic E-state index is 0.269. The van der Waals surface area contributed by atoms with Crippen LogP contribution >= 0.6 is 0 Å². The molecule has 8 nitrogen and oxygen atoms in total. The number of ether oxygens (including phenoxy) is 4. The number of nitrogens with two attached hydrogens (primary N) is 1. The number of rotatable bonds is 14. The van der Waals surface area contributed by atoms with Gasteiger partial charge in [-0.05, 0) is 60.7 Å². The van der Waals surface area contributed by atoms with Gasteiger partial charge in [-0.25, -0.2) is 0 Å². The predicted molar refractivity (Wildman–Crippen MR) is 152 cm³/mol. The molecule has 0 saturated carbocycles. The first-order valence-electron chi connectivity index (χ1n) is 12.3. The molecule has 0 bridgehead atoms. The third-order valence-electron chi connectivity index (χ3n) is 5.22. The van der Waals surface area contributed by atoms with Gasteiger partial charge < -0.3 is 40.0 Å². The molecule has 0 aromatic heterocycles. The molecule has 39 heavy (non-hydrogen) atoms. The second-order valence-electron chi connectivity index (χ2n) is 8.38. The van der Waals surface area contributed by atoms with E-state index in [9.17, 15) is 0 Å². The van der Waals surface area contributed by atoms with Crippen molar-refractivity contribution < 1.29 is 34.3 Å². The third-order valence-corrected chi connectivity index (χ3v) is 7.45. The maximum atomic E-state index is 8.34. The number of aliphatic hydroxyl groups excluding tert-OH is 3. The summed E-state index contributed by atoms with van der Waals surface area (Å²) in [6.45, 7) is 9.56. The van der Waals surface area contributed by atoms with Gasteiger partial charge in [0.1, 0.15) is 11.5 Å². The molecule has 210 valence electrons. The minimum Gasteiger partial charge on any atom is -0.463 e. The zero-order valence-corrected chi connectivity index (χ0v) is 23.1. The summed E-state index contributed by atoms with van der Waals surface area (Å²) in [5.74, 6) is 1.49. The highest BCUT2D eigenvalue weighted by Gasteiger charge is 2.28. The van der Waals surface area contributed by atoms with Crippen molar-refractivity contribution in [2.24, 2.45) is 5.73 Å². The van der Waals surface area contributed by atoms with E-state index in [0.717, 1.165) is 11.5 Å². The SMILES string of the molecule is C=COC(C)Oc1ccc([S+](c2ccccc2)c2ccc(OC(C)OC=C)cc2)cc1.NC(CO)(CO)CO. The van der Waals surface area contributed by atoms with Crippen LogP contribution in [0.25, 0.3) is 0 Å². The number of hydrogen-bond acceptors (Lipinski definition) is 8. The smallest absolute Gasteiger partial charge is 0.237 e. The maximum absolute atomic E-state index is 8.34. The van der Waals surface area contributed by atoms with Gasteiger partial charge in [0.2, 0.25) is 12.6 Å². The van der Waals surface area contributed by atoms with E-state index in [-0.39, 0.29) is 10.9 Å². The highest BCUT2D eigenvalue weighted by molar-refractivity contribution is 7.97. The van der Waals surface area contributed by atoms with Crippen molar-refractivity contribution in [2.75, 3.05) is 19.8 Å². The van der Waals surface area contributed by atoms with Crippen LogP contribution in [0.15, 0.2) is 119 Å². The van der Waals surface area contributed by atoms with Crippen LogP contribution in [-0.4, -0.2) is 53.3 Å². The first-order valence-corrected chi connectivity index (χ1v) is 13.5. The van der Waals surface area contributed by atoms with Crippen LogP contribution < -0.4 is 15.2 Å². The van der Waals surface area contributed by atoms with E-state index in [2.05, 4.69) is 61.7 Å². The van der Waals surface area contributed by atoms with Crippen LogP contribution in [0.3, 0.4) is 0 Å². The van der Waals surface area contributed by atoms with Crippen LogP contribution in [0.5, 0.6) is 11.5 Å². The average Bonchev–Trinajstić information content (AvgIpc) is 2.96. The Bertz CT molecular complexity index is 1040. The van der Waals surface area contributed by atoms with E-state index in [1.165, 1.54) is 27.2 Å². The van der Waals surface area contributed by atoms with Crippen LogP contribution in [0.4, 0.5) is 0 Å². The molecule has 0 radical (unpaired) electrons. The summed E-state index contributed by atoms with van der Waals surface area (Å²) in [6.07, 6.45) is 1.97. The minimum atomic E-state index is -1.21. The Balaban J connectivity index is 0.000000580. The van der Waals surface area contributed by atoms with E-state index in [1.807, 2.05) is 44.2 Å². The largest absolute Gasteiger partial charge is 0.463 e. The van der Waals surface area contributed by atoms with Gasteiger partial charge in [-0.1, -0.05) is 31.4 Å². The fourth-order valence-corrected chi connectivity index (χ4v) is 5.20. The van der Waals surface area contributed by atoms with Gasteiger partial charge >= 0.3 is 0 Å². The van der Waals surface area contributed by atoms with E-state index in [1.54, 1.807) is 0 Å². The fourth-order valence-electron chi connectivity index (χ4n) is 3.13. The maximum Gasteiger partial charge on any atom is 0.237 e. The van der Waals surface area contributed by atoms with Crippen molar-refractivity contribution in [3.05, 3.63) is 105 Å². The zero-order valence-electron chi connectivity index (χ0n) is 22.3. The van der Waals surface area contributed by atoms with Crippen molar-refractivity contribution in [3.8, 4) is 11.5 Å². The predicted octanol–water partition coefficient (Wildman–Crippen LogP) is 4.21. The average molecular weight is 557 g/mol. The highest BCUT2D eigenvalue weighted by Crippen LogP contribution is 2.33. The van der Waals surface area contributed by atoms with Crippen molar-refractivity contribution in [3.63, 3.8) is 0 Å². The van der Waals surface area contributed by atoms with Gasteiger partial charge in [-0.2, -0.15) is 0 Å². The highest BCUT2D eigenvalue weighted by atomic mass is 32.2. The molecule has 3 aromatic rings. The zero-order chi connectivity index (χ0) is 28.7. The van der Waals surface area contributed by atoms with E-state index < -0.39 is 37.9 Å². The fraction of sp³-hybridized carbons (Fsp3) is 0.267. The van der Waals surface area contributed by atoms with Gasteiger partial charge in [0.25, 0.3) is 0 Å². The van der Waals surface area contributed by atoms with Crippen molar-refractivity contribution >= 4 is 10.9 Å². The lowest BCUT2D eigenvalue weighted by Crippen LogP contribution is -2.50. The number of aliphatic hydroxyl groups is 3. The number of benzene rings is 3. The molecular weight excluding hydrogens is 518 g/mol. The molecule has 2 atom stereocenters. The quantitative estimate of drug-likeness (QED) is 0.132. The Morgan fingerprint density at radius 1 is 0.692 bits per heavy atom. The molecular formula is C30H38NO7S+. The molecule has 9 heteroatoms. The second-order valence-corrected chi connectivity index (χ2v) is 10.4. The van der Waals surface area contributed by atoms with Crippen molar-refractivity contribution in [1.29, 1.82) is 0 Å². The lowest BCUT2D eigenvalue weighted by molar-refractivity contribution is -0.0135. The van der Waals surface area contributed by atoms with Gasteiger partial charge in [0.05, 0.1) is 48.8 Å². The van der Waals surface area contributed by atoms with E-state index in [0.29, 0.717) is 0 Å².